The molecule has 0 saturated carbocycles. The van der Waals surface area contributed by atoms with E-state index in [1.807, 2.05) is 0 Å². The number of anilines is 1. The van der Waals surface area contributed by atoms with Crippen molar-refractivity contribution in [3.63, 3.8) is 0 Å². The zero-order valence-electron chi connectivity index (χ0n) is 14.3. The Balaban J connectivity index is 2.06. The summed E-state index contributed by atoms with van der Waals surface area (Å²) in [5, 5.41) is 2.60. The van der Waals surface area contributed by atoms with Gasteiger partial charge in [-0.15, -0.1) is 0 Å². The Morgan fingerprint density at radius 1 is 1.22 bits per heavy atom. The summed E-state index contributed by atoms with van der Waals surface area (Å²) in [5.74, 6) is 0.161. The first-order chi connectivity index (χ1) is 12.6. The van der Waals surface area contributed by atoms with Crippen LogP contribution < -0.4 is 10.1 Å². The Bertz CT molecular complexity index is 771. The van der Waals surface area contributed by atoms with E-state index < -0.39 is 29.9 Å². The smallest absolute Gasteiger partial charge is 0.417 e. The third kappa shape index (κ3) is 5.62. The Hall–Kier alpha value is -2.23. The molecule has 0 bridgehead atoms. The maximum Gasteiger partial charge on any atom is 0.417 e. The molecule has 27 heavy (non-hydrogen) atoms. The fourth-order valence-corrected chi connectivity index (χ4v) is 2.32. The molecule has 1 atom stereocenters. The Morgan fingerprint density at radius 3 is 2.44 bits per heavy atom. The minimum Gasteiger partial charge on any atom is -0.475 e. The minimum atomic E-state index is -4.48. The topological polar surface area (TPSA) is 59.9 Å². The summed E-state index contributed by atoms with van der Waals surface area (Å²) < 4.78 is 68.9. The highest BCUT2D eigenvalue weighted by Gasteiger charge is 2.30. The molecule has 148 valence electrons. The lowest BCUT2D eigenvalue weighted by Gasteiger charge is -2.19. The summed E-state index contributed by atoms with van der Waals surface area (Å²) in [7, 11) is 0. The summed E-state index contributed by atoms with van der Waals surface area (Å²) in [5.41, 5.74) is -1.46. The van der Waals surface area contributed by atoms with Gasteiger partial charge in [0.2, 0.25) is 5.88 Å². The van der Waals surface area contributed by atoms with E-state index in [0.29, 0.717) is 12.6 Å². The van der Waals surface area contributed by atoms with Crippen molar-refractivity contribution in [3.05, 3.63) is 40.4 Å². The fourth-order valence-electron chi connectivity index (χ4n) is 2.10. The van der Waals surface area contributed by atoms with E-state index >= 15 is 0 Å². The second kappa shape index (κ2) is 8.64. The Morgan fingerprint density at radius 2 is 1.93 bits per heavy atom. The van der Waals surface area contributed by atoms with E-state index in [1.54, 1.807) is 6.92 Å². The third-order valence-electron chi connectivity index (χ3n) is 3.53. The maximum absolute atomic E-state index is 13.0. The van der Waals surface area contributed by atoms with E-state index in [-0.39, 0.29) is 29.2 Å². The highest BCUT2D eigenvalue weighted by atomic mass is 35.5. The number of aromatic nitrogens is 3. The van der Waals surface area contributed by atoms with Gasteiger partial charge in [0.1, 0.15) is 29.0 Å². The van der Waals surface area contributed by atoms with E-state index in [2.05, 4.69) is 20.3 Å². The molecule has 0 aliphatic carbocycles. The van der Waals surface area contributed by atoms with Crippen molar-refractivity contribution in [2.45, 2.75) is 38.9 Å². The number of halogens is 6. The van der Waals surface area contributed by atoms with Crippen molar-refractivity contribution in [1.82, 2.24) is 15.0 Å². The first-order valence-electron chi connectivity index (χ1n) is 7.86. The van der Waals surface area contributed by atoms with Gasteiger partial charge in [-0.25, -0.2) is 23.7 Å². The van der Waals surface area contributed by atoms with Crippen LogP contribution in [-0.4, -0.2) is 27.6 Å². The molecule has 0 spiro atoms. The zero-order chi connectivity index (χ0) is 20.2. The van der Waals surface area contributed by atoms with Crippen molar-refractivity contribution in [3.8, 4) is 5.88 Å². The summed E-state index contributed by atoms with van der Waals surface area (Å²) in [6.07, 6.45) is -6.16. The van der Waals surface area contributed by atoms with Crippen molar-refractivity contribution >= 4 is 17.4 Å². The van der Waals surface area contributed by atoms with Crippen molar-refractivity contribution < 1.29 is 26.7 Å². The van der Waals surface area contributed by atoms with Crippen LogP contribution in [0, 0.1) is 6.92 Å². The molecule has 2 aromatic heterocycles. The molecule has 0 aromatic carbocycles. The number of aryl methyl sites for hydroxylation is 1. The van der Waals surface area contributed by atoms with Crippen LogP contribution in [0.2, 0.25) is 5.02 Å². The molecule has 11 heteroatoms. The molecule has 0 aliphatic heterocycles. The number of alkyl halides is 5. The van der Waals surface area contributed by atoms with E-state index in [1.165, 1.54) is 6.92 Å². The lowest BCUT2D eigenvalue weighted by atomic mass is 10.2. The van der Waals surface area contributed by atoms with Gasteiger partial charge in [-0.1, -0.05) is 18.5 Å². The molecule has 2 rings (SSSR count). The Labute approximate surface area is 156 Å². The van der Waals surface area contributed by atoms with Gasteiger partial charge in [-0.3, -0.25) is 0 Å². The van der Waals surface area contributed by atoms with Gasteiger partial charge in [0.05, 0.1) is 11.6 Å². The number of nitrogens with zero attached hydrogens (tertiary/aromatic N) is 3. The summed E-state index contributed by atoms with van der Waals surface area (Å²) in [4.78, 5) is 11.2. The third-order valence-corrected chi connectivity index (χ3v) is 3.90. The number of ether oxygens (including phenoxy) is 1. The second-order valence-electron chi connectivity index (χ2n) is 5.56. The number of hydrogen-bond acceptors (Lipinski definition) is 5. The van der Waals surface area contributed by atoms with Crippen LogP contribution in [0.25, 0.3) is 0 Å². The molecule has 0 unspecified atom stereocenters. The van der Waals surface area contributed by atoms with Crippen molar-refractivity contribution in [2.75, 3.05) is 11.9 Å². The average Bonchev–Trinajstić information content (AvgIpc) is 2.60. The molecular weight excluding hydrogens is 395 g/mol. The lowest BCUT2D eigenvalue weighted by Crippen LogP contribution is -2.27. The van der Waals surface area contributed by atoms with E-state index in [4.69, 9.17) is 16.3 Å². The largest absolute Gasteiger partial charge is 0.475 e. The first-order valence-corrected chi connectivity index (χ1v) is 8.24. The van der Waals surface area contributed by atoms with Gasteiger partial charge < -0.3 is 10.1 Å². The monoisotopic (exact) mass is 410 g/mol. The van der Waals surface area contributed by atoms with Crippen LogP contribution >= 0.6 is 11.6 Å². The van der Waals surface area contributed by atoms with Gasteiger partial charge >= 0.3 is 6.18 Å². The highest BCUT2D eigenvalue weighted by Crippen LogP contribution is 2.31. The van der Waals surface area contributed by atoms with Gasteiger partial charge in [0.25, 0.3) is 6.43 Å². The van der Waals surface area contributed by atoms with E-state index in [9.17, 15) is 22.0 Å². The van der Waals surface area contributed by atoms with Gasteiger partial charge in [-0.05, 0) is 19.4 Å². The fraction of sp³-hybridized carbons (Fsp3) is 0.438. The average molecular weight is 411 g/mol. The Kier molecular flexibility index (Phi) is 6.74. The van der Waals surface area contributed by atoms with Crippen LogP contribution in [-0.2, 0) is 6.18 Å². The van der Waals surface area contributed by atoms with Crippen LogP contribution in [0.15, 0.2) is 18.3 Å². The van der Waals surface area contributed by atoms with Crippen molar-refractivity contribution in [1.29, 1.82) is 0 Å². The quantitative estimate of drug-likeness (QED) is 0.646. The molecule has 0 saturated heterocycles. The summed E-state index contributed by atoms with van der Waals surface area (Å²) >= 11 is 5.93. The van der Waals surface area contributed by atoms with Crippen LogP contribution in [0.3, 0.4) is 0 Å². The predicted octanol–water partition coefficient (Wildman–Crippen LogP) is 5.06. The summed E-state index contributed by atoms with van der Waals surface area (Å²) in [6.45, 7) is 3.27. The van der Waals surface area contributed by atoms with E-state index in [0.717, 1.165) is 12.1 Å². The molecule has 1 N–H and O–H groups in total. The molecule has 0 fully saturated rings. The van der Waals surface area contributed by atoms with Gasteiger partial charge in [-0.2, -0.15) is 13.2 Å². The normalized spacial score (nSPS) is 12.9. The van der Waals surface area contributed by atoms with Crippen molar-refractivity contribution in [2.24, 2.45) is 0 Å². The number of nitrogens with one attached hydrogen (secondary N) is 1. The molecule has 5 nitrogen and oxygen atoms in total. The van der Waals surface area contributed by atoms with Gasteiger partial charge in [0.15, 0.2) is 0 Å². The van der Waals surface area contributed by atoms with Crippen LogP contribution in [0.1, 0.15) is 36.9 Å². The molecule has 0 amide bonds. The number of rotatable bonds is 7. The zero-order valence-corrected chi connectivity index (χ0v) is 15.1. The maximum atomic E-state index is 13.0. The lowest BCUT2D eigenvalue weighted by molar-refractivity contribution is -0.137. The van der Waals surface area contributed by atoms with Crippen LogP contribution in [0.5, 0.6) is 5.88 Å². The minimum absolute atomic E-state index is 0.00137. The molecular formula is C16H16ClF5N4O. The standard InChI is InChI=1S/C16H16ClF5N4O/c1-3-10(7-27-11-5-4-9(6-23-11)16(20,21)22)26-15-12(17)13(14(18)19)24-8(2)25-15/h4-6,10,14H,3,7H2,1-2H3,(H,24,25,26)/t10-/m0/s1. The first kappa shape index (κ1) is 21.1. The van der Waals surface area contributed by atoms with Gasteiger partial charge in [0, 0.05) is 12.3 Å². The number of pyridine rings is 1. The molecule has 0 aliphatic rings. The predicted molar refractivity (Wildman–Crippen MR) is 89.2 cm³/mol. The second-order valence-corrected chi connectivity index (χ2v) is 5.94. The summed E-state index contributed by atoms with van der Waals surface area (Å²) in [6, 6.07) is 1.56. The molecule has 2 heterocycles. The molecule has 2 aromatic rings. The SMILES string of the molecule is CC[C@@H](COc1ccc(C(F)(F)F)cn1)Nc1nc(C)nc(C(F)F)c1Cl. The van der Waals surface area contributed by atoms with Crippen LogP contribution in [0.4, 0.5) is 27.8 Å². The number of hydrogen-bond donors (Lipinski definition) is 1. The highest BCUT2D eigenvalue weighted by molar-refractivity contribution is 6.33. The molecule has 0 radical (unpaired) electrons.